The van der Waals surface area contributed by atoms with Crippen molar-refractivity contribution in [2.45, 2.75) is 45.3 Å². The van der Waals surface area contributed by atoms with Gasteiger partial charge in [-0.25, -0.2) is 4.39 Å². The summed E-state index contributed by atoms with van der Waals surface area (Å²) in [7, 11) is 0. The van der Waals surface area contributed by atoms with Crippen LogP contribution < -0.4 is 5.73 Å². The van der Waals surface area contributed by atoms with E-state index in [-0.39, 0.29) is 18.5 Å². The summed E-state index contributed by atoms with van der Waals surface area (Å²) in [5.74, 6) is 0.445. The van der Waals surface area contributed by atoms with Crippen LogP contribution in [0.2, 0.25) is 0 Å². The lowest BCUT2D eigenvalue weighted by Gasteiger charge is -2.27. The molecule has 0 amide bonds. The summed E-state index contributed by atoms with van der Waals surface area (Å²) < 4.78 is 19.3. The third-order valence-electron chi connectivity index (χ3n) is 3.51. The zero-order chi connectivity index (χ0) is 12.3. The van der Waals surface area contributed by atoms with E-state index in [9.17, 15) is 4.39 Å². The number of ether oxygens (including phenoxy) is 1. The summed E-state index contributed by atoms with van der Waals surface area (Å²) in [6, 6.07) is 4.76. The van der Waals surface area contributed by atoms with Crippen LogP contribution in [0.3, 0.4) is 0 Å². The molecule has 0 aliphatic heterocycles. The fourth-order valence-corrected chi connectivity index (χ4v) is 2.46. The number of rotatable bonds is 3. The molecule has 17 heavy (non-hydrogen) atoms. The highest BCUT2D eigenvalue weighted by Gasteiger charge is 2.20. The van der Waals surface area contributed by atoms with Gasteiger partial charge in [-0.05, 0) is 30.9 Å². The Morgan fingerprint density at radius 1 is 1.41 bits per heavy atom. The summed E-state index contributed by atoms with van der Waals surface area (Å²) in [6.07, 6.45) is 4.91. The first-order chi connectivity index (χ1) is 8.16. The third kappa shape index (κ3) is 3.19. The maximum atomic E-state index is 13.5. The zero-order valence-corrected chi connectivity index (χ0v) is 10.3. The molecule has 2 nitrogen and oxygen atoms in total. The molecule has 3 heteroatoms. The van der Waals surface area contributed by atoms with Gasteiger partial charge in [0.2, 0.25) is 0 Å². The molecule has 2 unspecified atom stereocenters. The van der Waals surface area contributed by atoms with Crippen molar-refractivity contribution in [2.75, 3.05) is 5.73 Å². The fourth-order valence-electron chi connectivity index (χ4n) is 2.46. The van der Waals surface area contributed by atoms with Crippen molar-refractivity contribution in [1.29, 1.82) is 0 Å². The normalized spacial score (nSPS) is 24.8. The Labute approximate surface area is 102 Å². The average Bonchev–Trinajstić information content (AvgIpc) is 2.28. The summed E-state index contributed by atoms with van der Waals surface area (Å²) in [6.45, 7) is 2.53. The van der Waals surface area contributed by atoms with Crippen molar-refractivity contribution in [2.24, 2.45) is 5.92 Å². The number of hydrogen-bond acceptors (Lipinski definition) is 2. The van der Waals surface area contributed by atoms with E-state index in [1.807, 2.05) is 0 Å². The van der Waals surface area contributed by atoms with Gasteiger partial charge < -0.3 is 10.5 Å². The molecule has 1 fully saturated rings. The van der Waals surface area contributed by atoms with Crippen LogP contribution >= 0.6 is 0 Å². The molecule has 0 spiro atoms. The first-order valence-electron chi connectivity index (χ1n) is 6.31. The van der Waals surface area contributed by atoms with Crippen molar-refractivity contribution < 1.29 is 9.13 Å². The Morgan fingerprint density at radius 3 is 2.94 bits per heavy atom. The van der Waals surface area contributed by atoms with Crippen LogP contribution in [0.15, 0.2) is 18.2 Å². The van der Waals surface area contributed by atoms with Gasteiger partial charge in [0.05, 0.1) is 12.7 Å². The second-order valence-corrected chi connectivity index (χ2v) is 5.01. The molecule has 1 aromatic carbocycles. The molecular weight excluding hydrogens is 217 g/mol. The Balaban J connectivity index is 1.93. The third-order valence-corrected chi connectivity index (χ3v) is 3.51. The SMILES string of the molecule is CC1CCCC(OCc2c(N)cccc2F)C1. The Hall–Kier alpha value is -1.09. The zero-order valence-electron chi connectivity index (χ0n) is 10.3. The number of nitrogens with two attached hydrogens (primary N) is 1. The molecule has 2 N–H and O–H groups in total. The quantitative estimate of drug-likeness (QED) is 0.816. The molecule has 0 saturated heterocycles. The van der Waals surface area contributed by atoms with E-state index in [1.54, 1.807) is 12.1 Å². The minimum atomic E-state index is -0.270. The van der Waals surface area contributed by atoms with Crippen molar-refractivity contribution >= 4 is 5.69 Å². The number of benzene rings is 1. The highest BCUT2D eigenvalue weighted by molar-refractivity contribution is 5.46. The molecule has 0 heterocycles. The van der Waals surface area contributed by atoms with Crippen molar-refractivity contribution in [3.63, 3.8) is 0 Å². The molecule has 0 aromatic heterocycles. The van der Waals surface area contributed by atoms with Crippen LogP contribution in [0.25, 0.3) is 0 Å². The van der Waals surface area contributed by atoms with Gasteiger partial charge in [0.1, 0.15) is 5.82 Å². The van der Waals surface area contributed by atoms with E-state index in [1.165, 1.54) is 18.9 Å². The van der Waals surface area contributed by atoms with E-state index >= 15 is 0 Å². The number of anilines is 1. The summed E-state index contributed by atoms with van der Waals surface area (Å²) in [5.41, 5.74) is 6.72. The molecule has 1 saturated carbocycles. The smallest absolute Gasteiger partial charge is 0.130 e. The standard InChI is InChI=1S/C14H20FNO/c1-10-4-2-5-11(8-10)17-9-12-13(15)6-3-7-14(12)16/h3,6-7,10-11H,2,4-5,8-9,16H2,1H3. The van der Waals surface area contributed by atoms with Crippen LogP contribution in [0.5, 0.6) is 0 Å². The molecule has 0 bridgehead atoms. The molecule has 2 atom stereocenters. The van der Waals surface area contributed by atoms with Crippen LogP contribution in [-0.4, -0.2) is 6.10 Å². The monoisotopic (exact) mass is 237 g/mol. The highest BCUT2D eigenvalue weighted by Crippen LogP contribution is 2.27. The maximum Gasteiger partial charge on any atom is 0.130 e. The number of halogens is 1. The predicted octanol–water partition coefficient (Wildman–Crippen LogP) is 3.50. The van der Waals surface area contributed by atoms with Gasteiger partial charge in [0, 0.05) is 11.3 Å². The molecular formula is C14H20FNO. The van der Waals surface area contributed by atoms with Crippen molar-refractivity contribution in [1.82, 2.24) is 0 Å². The Morgan fingerprint density at radius 2 is 2.24 bits per heavy atom. The minimum Gasteiger partial charge on any atom is -0.398 e. The summed E-state index contributed by atoms with van der Waals surface area (Å²) in [5, 5.41) is 0. The van der Waals surface area contributed by atoms with Crippen LogP contribution in [0.4, 0.5) is 10.1 Å². The van der Waals surface area contributed by atoms with Gasteiger partial charge in [-0.3, -0.25) is 0 Å². The van der Waals surface area contributed by atoms with Crippen LogP contribution in [-0.2, 0) is 11.3 Å². The largest absolute Gasteiger partial charge is 0.398 e. The van der Waals surface area contributed by atoms with Gasteiger partial charge in [-0.2, -0.15) is 0 Å². The topological polar surface area (TPSA) is 35.2 Å². The molecule has 94 valence electrons. The summed E-state index contributed by atoms with van der Waals surface area (Å²) >= 11 is 0. The van der Waals surface area contributed by atoms with Gasteiger partial charge in [0.25, 0.3) is 0 Å². The number of nitrogen functional groups attached to an aromatic ring is 1. The van der Waals surface area contributed by atoms with Crippen LogP contribution in [0.1, 0.15) is 38.2 Å². The van der Waals surface area contributed by atoms with E-state index in [2.05, 4.69) is 6.92 Å². The molecule has 2 rings (SSSR count). The van der Waals surface area contributed by atoms with E-state index in [0.29, 0.717) is 17.2 Å². The van der Waals surface area contributed by atoms with Gasteiger partial charge in [-0.15, -0.1) is 0 Å². The van der Waals surface area contributed by atoms with E-state index in [0.717, 1.165) is 12.8 Å². The summed E-state index contributed by atoms with van der Waals surface area (Å²) in [4.78, 5) is 0. The molecule has 0 radical (unpaired) electrons. The maximum absolute atomic E-state index is 13.5. The van der Waals surface area contributed by atoms with Gasteiger partial charge >= 0.3 is 0 Å². The molecule has 1 aliphatic rings. The van der Waals surface area contributed by atoms with E-state index < -0.39 is 0 Å². The fraction of sp³-hybridized carbons (Fsp3) is 0.571. The molecule has 1 aromatic rings. The molecule has 1 aliphatic carbocycles. The van der Waals surface area contributed by atoms with Gasteiger partial charge in [-0.1, -0.05) is 25.8 Å². The Kier molecular flexibility index (Phi) is 4.00. The first kappa shape index (κ1) is 12.4. The average molecular weight is 237 g/mol. The lowest BCUT2D eigenvalue weighted by atomic mass is 9.89. The van der Waals surface area contributed by atoms with Crippen LogP contribution in [0, 0.1) is 11.7 Å². The minimum absolute atomic E-state index is 0.262. The second-order valence-electron chi connectivity index (χ2n) is 5.01. The van der Waals surface area contributed by atoms with Crippen molar-refractivity contribution in [3.05, 3.63) is 29.6 Å². The Bertz CT molecular complexity index is 360. The lowest BCUT2D eigenvalue weighted by molar-refractivity contribution is 0.00381. The predicted molar refractivity (Wildman–Crippen MR) is 67.0 cm³/mol. The first-order valence-corrected chi connectivity index (χ1v) is 6.31. The highest BCUT2D eigenvalue weighted by atomic mass is 19.1. The van der Waals surface area contributed by atoms with Crippen molar-refractivity contribution in [3.8, 4) is 0 Å². The van der Waals surface area contributed by atoms with E-state index in [4.69, 9.17) is 10.5 Å². The number of hydrogen-bond donors (Lipinski definition) is 1. The second kappa shape index (κ2) is 5.50. The van der Waals surface area contributed by atoms with Gasteiger partial charge in [0.15, 0.2) is 0 Å². The lowest BCUT2D eigenvalue weighted by Crippen LogP contribution is -2.21.